The van der Waals surface area contributed by atoms with Crippen molar-refractivity contribution in [3.8, 4) is 0 Å². The summed E-state index contributed by atoms with van der Waals surface area (Å²) in [4.78, 5) is 18.3. The van der Waals surface area contributed by atoms with E-state index in [2.05, 4.69) is 5.32 Å². The van der Waals surface area contributed by atoms with Crippen LogP contribution in [0.3, 0.4) is 0 Å². The first-order valence-electron chi connectivity index (χ1n) is 3.92. The highest BCUT2D eigenvalue weighted by molar-refractivity contribution is 5.44. The van der Waals surface area contributed by atoms with Gasteiger partial charge in [0.05, 0.1) is 0 Å². The summed E-state index contributed by atoms with van der Waals surface area (Å²) < 4.78 is 0. The van der Waals surface area contributed by atoms with Gasteiger partial charge in [0.2, 0.25) is 0 Å². The first-order valence-corrected chi connectivity index (χ1v) is 3.92. The predicted molar refractivity (Wildman–Crippen MR) is 52.1 cm³/mol. The second-order valence-corrected chi connectivity index (χ2v) is 2.53. The maximum atomic E-state index is 10.2. The number of para-hydroxylation sites is 1. The lowest BCUT2D eigenvalue weighted by Crippen LogP contribution is -2.10. The van der Waals surface area contributed by atoms with Crippen LogP contribution in [0.2, 0.25) is 0 Å². The molecule has 7 nitrogen and oxygen atoms in total. The Morgan fingerprint density at radius 1 is 1.13 bits per heavy atom. The molecule has 0 radical (unpaired) electrons. The van der Waals surface area contributed by atoms with Crippen LogP contribution in [0.15, 0.2) is 42.4 Å². The zero-order chi connectivity index (χ0) is 11.3. The van der Waals surface area contributed by atoms with Gasteiger partial charge in [0.25, 0.3) is 0 Å². The number of nitro groups is 2. The van der Waals surface area contributed by atoms with Gasteiger partial charge >= 0.3 is 5.82 Å². The number of nitrogens with zero attached hydrogens (tertiary/aromatic N) is 2. The fraction of sp³-hybridized carbons (Fsp3) is 0. The molecule has 1 N–H and O–H groups in total. The van der Waals surface area contributed by atoms with Gasteiger partial charge in [-0.1, -0.05) is 18.2 Å². The number of anilines is 1. The Kier molecular flexibility index (Phi) is 3.33. The molecule has 1 aromatic rings. The molecule has 0 atom stereocenters. The van der Waals surface area contributed by atoms with E-state index >= 15 is 0 Å². The molecular formula is C8H7N3O4. The van der Waals surface area contributed by atoms with Crippen LogP contribution in [0.4, 0.5) is 5.69 Å². The van der Waals surface area contributed by atoms with Crippen LogP contribution < -0.4 is 5.32 Å². The van der Waals surface area contributed by atoms with E-state index in [1.807, 2.05) is 0 Å². The molecule has 0 spiro atoms. The van der Waals surface area contributed by atoms with Gasteiger partial charge in [-0.05, 0) is 12.1 Å². The van der Waals surface area contributed by atoms with Gasteiger partial charge in [-0.15, -0.1) is 0 Å². The predicted octanol–water partition coefficient (Wildman–Crippen LogP) is 1.45. The van der Waals surface area contributed by atoms with E-state index in [9.17, 15) is 20.2 Å². The van der Waals surface area contributed by atoms with Crippen molar-refractivity contribution >= 4 is 5.69 Å². The molecule has 15 heavy (non-hydrogen) atoms. The topological polar surface area (TPSA) is 98.3 Å². The quantitative estimate of drug-likeness (QED) is 0.597. The largest absolute Gasteiger partial charge is 0.574 e. The molecular weight excluding hydrogens is 202 g/mol. The number of hydrogen-bond acceptors (Lipinski definition) is 5. The SMILES string of the molecule is O=[N+]([O-])C(=CNc1ccccc1)[N+](=O)[O-]. The van der Waals surface area contributed by atoms with Crippen LogP contribution in [-0.4, -0.2) is 9.85 Å². The normalized spacial score (nSPS) is 9.07. The van der Waals surface area contributed by atoms with Crippen molar-refractivity contribution in [1.29, 1.82) is 0 Å². The summed E-state index contributed by atoms with van der Waals surface area (Å²) in [6.45, 7) is 0. The Labute approximate surface area is 84.3 Å². The van der Waals surface area contributed by atoms with Crippen molar-refractivity contribution in [3.05, 3.63) is 62.6 Å². The summed E-state index contributed by atoms with van der Waals surface area (Å²) in [5.74, 6) is -1.10. The summed E-state index contributed by atoms with van der Waals surface area (Å²) in [7, 11) is 0. The molecule has 1 rings (SSSR count). The van der Waals surface area contributed by atoms with Crippen LogP contribution in [0, 0.1) is 20.2 Å². The van der Waals surface area contributed by atoms with Crippen LogP contribution in [-0.2, 0) is 0 Å². The van der Waals surface area contributed by atoms with Gasteiger partial charge in [0.1, 0.15) is 9.85 Å². The van der Waals surface area contributed by atoms with Crippen LogP contribution >= 0.6 is 0 Å². The van der Waals surface area contributed by atoms with E-state index in [1.54, 1.807) is 30.3 Å². The monoisotopic (exact) mass is 209 g/mol. The Hall–Kier alpha value is -2.44. The maximum Gasteiger partial charge on any atom is 0.574 e. The van der Waals surface area contributed by atoms with E-state index in [-0.39, 0.29) is 0 Å². The average molecular weight is 209 g/mol. The van der Waals surface area contributed by atoms with Crippen LogP contribution in [0.5, 0.6) is 0 Å². The van der Waals surface area contributed by atoms with Gasteiger partial charge in [0, 0.05) is 5.69 Å². The molecule has 1 aromatic carbocycles. The third-order valence-corrected chi connectivity index (χ3v) is 1.52. The van der Waals surface area contributed by atoms with Gasteiger partial charge in [0.15, 0.2) is 6.20 Å². The molecule has 0 bridgehead atoms. The molecule has 7 heteroatoms. The fourth-order valence-electron chi connectivity index (χ4n) is 0.854. The van der Waals surface area contributed by atoms with Gasteiger partial charge in [-0.25, -0.2) is 0 Å². The molecule has 0 aliphatic rings. The molecule has 0 amide bonds. The summed E-state index contributed by atoms with van der Waals surface area (Å²) in [6.07, 6.45) is 0.745. The Balaban J connectivity index is 2.79. The van der Waals surface area contributed by atoms with Crippen molar-refractivity contribution in [2.24, 2.45) is 0 Å². The highest BCUT2D eigenvalue weighted by Crippen LogP contribution is 2.06. The lowest BCUT2D eigenvalue weighted by atomic mass is 10.3. The number of hydrogen-bond donors (Lipinski definition) is 1. The minimum Gasteiger partial charge on any atom is -0.350 e. The zero-order valence-electron chi connectivity index (χ0n) is 7.49. The minimum absolute atomic E-state index is 0.540. The van der Waals surface area contributed by atoms with Crippen molar-refractivity contribution in [2.75, 3.05) is 5.32 Å². The van der Waals surface area contributed by atoms with Crippen molar-refractivity contribution in [3.63, 3.8) is 0 Å². The Morgan fingerprint density at radius 3 is 2.13 bits per heavy atom. The standard InChI is InChI=1S/C8H7N3O4/c12-10(13)8(11(14)15)6-9-7-4-2-1-3-5-7/h1-6,9H. The molecule has 0 unspecified atom stereocenters. The Bertz CT molecular complexity index is 386. The molecule has 0 heterocycles. The molecule has 78 valence electrons. The number of nitrogens with one attached hydrogen (secondary N) is 1. The van der Waals surface area contributed by atoms with E-state index in [1.165, 1.54) is 0 Å². The van der Waals surface area contributed by atoms with E-state index < -0.39 is 15.7 Å². The first kappa shape index (κ1) is 10.6. The third kappa shape index (κ3) is 3.07. The number of benzene rings is 1. The highest BCUT2D eigenvalue weighted by atomic mass is 16.7. The van der Waals surface area contributed by atoms with Crippen LogP contribution in [0.25, 0.3) is 0 Å². The fourth-order valence-corrected chi connectivity index (χ4v) is 0.854. The van der Waals surface area contributed by atoms with Gasteiger partial charge in [-0.3, -0.25) is 20.2 Å². The molecule has 0 aliphatic heterocycles. The average Bonchev–Trinajstić information content (AvgIpc) is 2.18. The minimum atomic E-state index is -1.10. The second-order valence-electron chi connectivity index (χ2n) is 2.53. The van der Waals surface area contributed by atoms with E-state index in [0.717, 1.165) is 6.20 Å². The van der Waals surface area contributed by atoms with Gasteiger partial charge < -0.3 is 5.32 Å². The van der Waals surface area contributed by atoms with E-state index in [0.29, 0.717) is 5.69 Å². The maximum absolute atomic E-state index is 10.2. The Morgan fingerprint density at radius 2 is 1.67 bits per heavy atom. The second kappa shape index (κ2) is 4.70. The summed E-state index contributed by atoms with van der Waals surface area (Å²) in [5.41, 5.74) is 0.540. The van der Waals surface area contributed by atoms with E-state index in [4.69, 9.17) is 0 Å². The number of rotatable bonds is 4. The van der Waals surface area contributed by atoms with Crippen LogP contribution in [0.1, 0.15) is 0 Å². The highest BCUT2D eigenvalue weighted by Gasteiger charge is 2.24. The van der Waals surface area contributed by atoms with Crippen molar-refractivity contribution < 1.29 is 9.85 Å². The summed E-state index contributed by atoms with van der Waals surface area (Å²) >= 11 is 0. The molecule has 0 fully saturated rings. The smallest absolute Gasteiger partial charge is 0.350 e. The lowest BCUT2D eigenvalue weighted by molar-refractivity contribution is -0.616. The third-order valence-electron chi connectivity index (χ3n) is 1.52. The van der Waals surface area contributed by atoms with Gasteiger partial charge in [-0.2, -0.15) is 0 Å². The zero-order valence-corrected chi connectivity index (χ0v) is 7.49. The summed E-state index contributed by atoms with van der Waals surface area (Å²) in [6, 6.07) is 8.43. The molecule has 0 saturated heterocycles. The molecule has 0 aliphatic carbocycles. The molecule has 0 saturated carbocycles. The molecule has 0 aromatic heterocycles. The van der Waals surface area contributed by atoms with Crippen molar-refractivity contribution in [2.45, 2.75) is 0 Å². The lowest BCUT2D eigenvalue weighted by Gasteiger charge is -1.96. The summed E-state index contributed by atoms with van der Waals surface area (Å²) in [5, 5.41) is 22.9. The first-order chi connectivity index (χ1) is 7.11. The van der Waals surface area contributed by atoms with Crippen molar-refractivity contribution in [1.82, 2.24) is 0 Å².